The number of amides is 1. The van der Waals surface area contributed by atoms with E-state index < -0.39 is 0 Å². The van der Waals surface area contributed by atoms with Crippen LogP contribution in [0.3, 0.4) is 0 Å². The van der Waals surface area contributed by atoms with Crippen molar-refractivity contribution >= 4 is 35.8 Å². The van der Waals surface area contributed by atoms with Gasteiger partial charge in [-0.3, -0.25) is 9.79 Å². The molecule has 1 aliphatic heterocycles. The Morgan fingerprint density at radius 3 is 2.75 bits per heavy atom. The second kappa shape index (κ2) is 13.8. The number of nitrogens with one attached hydrogen (secondary N) is 2. The van der Waals surface area contributed by atoms with Gasteiger partial charge >= 0.3 is 0 Å². The molecule has 28 heavy (non-hydrogen) atoms. The molecule has 0 bridgehead atoms. The Morgan fingerprint density at radius 1 is 1.32 bits per heavy atom. The summed E-state index contributed by atoms with van der Waals surface area (Å²) in [6, 6.07) is 10.5. The smallest absolute Gasteiger partial charge is 0.222 e. The number of nitrogens with zero attached hydrogens (tertiary/aromatic N) is 2. The third-order valence-corrected chi connectivity index (χ3v) is 4.60. The molecule has 1 saturated heterocycles. The number of likely N-dealkylation sites (tertiary alicyclic amines) is 1. The van der Waals surface area contributed by atoms with Gasteiger partial charge in [0.25, 0.3) is 0 Å². The number of hydrogen-bond donors (Lipinski definition) is 2. The van der Waals surface area contributed by atoms with Crippen LogP contribution in [0, 0.1) is 5.92 Å². The molecule has 0 saturated carbocycles. The molecule has 1 aromatic carbocycles. The van der Waals surface area contributed by atoms with Gasteiger partial charge in [-0.15, -0.1) is 24.0 Å². The van der Waals surface area contributed by atoms with Crippen LogP contribution in [0.15, 0.2) is 35.3 Å². The van der Waals surface area contributed by atoms with Crippen LogP contribution in [0.1, 0.15) is 39.2 Å². The van der Waals surface area contributed by atoms with Crippen molar-refractivity contribution in [2.75, 3.05) is 32.8 Å². The minimum absolute atomic E-state index is 0. The molecule has 2 atom stereocenters. The summed E-state index contributed by atoms with van der Waals surface area (Å²) in [5.41, 5.74) is 1.19. The van der Waals surface area contributed by atoms with E-state index >= 15 is 0 Å². The maximum atomic E-state index is 11.8. The van der Waals surface area contributed by atoms with Gasteiger partial charge in [-0.25, -0.2) is 0 Å². The number of halogens is 1. The highest BCUT2D eigenvalue weighted by Crippen LogP contribution is 2.10. The van der Waals surface area contributed by atoms with Gasteiger partial charge in [0.15, 0.2) is 5.96 Å². The van der Waals surface area contributed by atoms with E-state index in [0.29, 0.717) is 32.1 Å². The highest BCUT2D eigenvalue weighted by Gasteiger charge is 2.25. The van der Waals surface area contributed by atoms with Crippen molar-refractivity contribution in [2.45, 2.75) is 46.3 Å². The summed E-state index contributed by atoms with van der Waals surface area (Å²) in [6.45, 7) is 10.5. The van der Waals surface area contributed by atoms with Gasteiger partial charge in [0.1, 0.15) is 0 Å². The number of ether oxygens (including phenoxy) is 1. The minimum Gasteiger partial charge on any atom is -0.376 e. The quantitative estimate of drug-likeness (QED) is 0.310. The molecule has 0 aromatic heterocycles. The van der Waals surface area contributed by atoms with E-state index in [-0.39, 0.29) is 35.9 Å². The first-order valence-corrected chi connectivity index (χ1v) is 10.1. The molecule has 2 rings (SSSR count). The number of aliphatic imine (C=N–C) groups is 1. The van der Waals surface area contributed by atoms with Crippen LogP contribution in [0.2, 0.25) is 0 Å². The molecule has 2 N–H and O–H groups in total. The molecule has 1 aromatic rings. The number of hydrogen-bond acceptors (Lipinski definition) is 3. The summed E-state index contributed by atoms with van der Waals surface area (Å²) >= 11 is 0. The van der Waals surface area contributed by atoms with Gasteiger partial charge in [-0.1, -0.05) is 44.2 Å². The van der Waals surface area contributed by atoms with Crippen LogP contribution in [0.5, 0.6) is 0 Å². The molecular weight excluding hydrogens is 467 g/mol. The number of rotatable bonds is 9. The molecule has 158 valence electrons. The fourth-order valence-corrected chi connectivity index (χ4v) is 3.09. The predicted octanol–water partition coefficient (Wildman–Crippen LogP) is 3.02. The molecule has 2 unspecified atom stereocenters. The van der Waals surface area contributed by atoms with Crippen molar-refractivity contribution < 1.29 is 9.53 Å². The van der Waals surface area contributed by atoms with E-state index in [1.807, 2.05) is 30.0 Å². The van der Waals surface area contributed by atoms with Crippen LogP contribution in [0.25, 0.3) is 0 Å². The fourth-order valence-electron chi connectivity index (χ4n) is 3.09. The van der Waals surface area contributed by atoms with E-state index in [0.717, 1.165) is 32.0 Å². The number of guanidine groups is 1. The van der Waals surface area contributed by atoms with Gasteiger partial charge in [-0.05, 0) is 24.8 Å². The second-order valence-corrected chi connectivity index (χ2v) is 7.15. The largest absolute Gasteiger partial charge is 0.376 e. The molecule has 1 heterocycles. The molecule has 1 aliphatic rings. The zero-order chi connectivity index (χ0) is 19.5. The zero-order valence-corrected chi connectivity index (χ0v) is 19.6. The summed E-state index contributed by atoms with van der Waals surface area (Å²) in [5.74, 6) is 1.39. The van der Waals surface area contributed by atoms with Gasteiger partial charge in [-0.2, -0.15) is 0 Å². The van der Waals surface area contributed by atoms with Gasteiger partial charge in [0.2, 0.25) is 5.91 Å². The van der Waals surface area contributed by atoms with E-state index in [4.69, 9.17) is 9.73 Å². The Bertz CT molecular complexity index is 597. The molecule has 6 nitrogen and oxygen atoms in total. The summed E-state index contributed by atoms with van der Waals surface area (Å²) in [7, 11) is 0. The van der Waals surface area contributed by atoms with E-state index in [9.17, 15) is 4.79 Å². The van der Waals surface area contributed by atoms with Crippen LogP contribution in [0.4, 0.5) is 0 Å². The number of benzene rings is 1. The average Bonchev–Trinajstić information content (AvgIpc) is 3.15. The van der Waals surface area contributed by atoms with Crippen molar-refractivity contribution in [1.29, 1.82) is 0 Å². The van der Waals surface area contributed by atoms with Gasteiger partial charge in [0, 0.05) is 38.6 Å². The minimum atomic E-state index is 0. The van der Waals surface area contributed by atoms with Gasteiger partial charge < -0.3 is 20.3 Å². The lowest BCUT2D eigenvalue weighted by molar-refractivity contribution is -0.129. The van der Waals surface area contributed by atoms with Crippen molar-refractivity contribution in [1.82, 2.24) is 15.5 Å². The summed E-state index contributed by atoms with van der Waals surface area (Å²) in [4.78, 5) is 18.5. The molecule has 1 amide bonds. The summed E-state index contributed by atoms with van der Waals surface area (Å²) in [5, 5.41) is 6.77. The molecule has 7 heteroatoms. The predicted molar refractivity (Wildman–Crippen MR) is 125 cm³/mol. The molecule has 0 radical (unpaired) electrons. The summed E-state index contributed by atoms with van der Waals surface area (Å²) in [6.07, 6.45) is 1.53. The van der Waals surface area contributed by atoms with Crippen LogP contribution in [-0.4, -0.2) is 55.6 Å². The third-order valence-electron chi connectivity index (χ3n) is 4.60. The van der Waals surface area contributed by atoms with E-state index in [1.165, 1.54) is 5.56 Å². The lowest BCUT2D eigenvalue weighted by Crippen LogP contribution is -2.45. The molecule has 0 aliphatic carbocycles. The van der Waals surface area contributed by atoms with Crippen LogP contribution < -0.4 is 10.6 Å². The lowest BCUT2D eigenvalue weighted by atomic mass is 10.2. The normalized spacial score (nSPS) is 17.8. The van der Waals surface area contributed by atoms with Gasteiger partial charge in [0.05, 0.1) is 13.2 Å². The molecular formula is C21H35IN4O2. The third kappa shape index (κ3) is 8.77. The average molecular weight is 502 g/mol. The Kier molecular flexibility index (Phi) is 12.1. The Balaban J connectivity index is 0.00000392. The number of carbonyl (C=O) groups is 1. The highest BCUT2D eigenvalue weighted by molar-refractivity contribution is 14.0. The molecule has 0 spiro atoms. The van der Waals surface area contributed by atoms with Crippen molar-refractivity contribution in [3.05, 3.63) is 35.9 Å². The fraction of sp³-hybridized carbons (Fsp3) is 0.619. The first-order chi connectivity index (χ1) is 13.1. The standard InChI is InChI=1S/C21H34N4O2.HI/c1-4-20(26)25-12-11-19(14-25)24-21(22-5-2)23-13-17(3)15-27-16-18-9-7-6-8-10-18;/h6-10,17,19H,4-5,11-16H2,1-3H3,(H2,22,23,24);1H. The van der Waals surface area contributed by atoms with Crippen LogP contribution >= 0.6 is 24.0 Å². The first-order valence-electron chi connectivity index (χ1n) is 10.1. The Labute approximate surface area is 186 Å². The summed E-state index contributed by atoms with van der Waals surface area (Å²) < 4.78 is 5.81. The monoisotopic (exact) mass is 502 g/mol. The lowest BCUT2D eigenvalue weighted by Gasteiger charge is -2.19. The maximum Gasteiger partial charge on any atom is 0.222 e. The van der Waals surface area contributed by atoms with Crippen molar-refractivity contribution in [3.63, 3.8) is 0 Å². The zero-order valence-electron chi connectivity index (χ0n) is 17.3. The SMILES string of the molecule is CCNC(=NCC(C)COCc1ccccc1)NC1CCN(C(=O)CC)C1.I. The Morgan fingerprint density at radius 2 is 2.07 bits per heavy atom. The topological polar surface area (TPSA) is 66.0 Å². The highest BCUT2D eigenvalue weighted by atomic mass is 127. The number of carbonyl (C=O) groups excluding carboxylic acids is 1. The van der Waals surface area contributed by atoms with E-state index in [2.05, 4.69) is 36.6 Å². The second-order valence-electron chi connectivity index (χ2n) is 7.15. The van der Waals surface area contributed by atoms with Crippen LogP contribution in [-0.2, 0) is 16.1 Å². The maximum absolute atomic E-state index is 11.8. The molecule has 1 fully saturated rings. The van der Waals surface area contributed by atoms with Crippen molar-refractivity contribution in [2.24, 2.45) is 10.9 Å². The first kappa shape index (κ1) is 24.7. The van der Waals surface area contributed by atoms with Crippen molar-refractivity contribution in [3.8, 4) is 0 Å². The van der Waals surface area contributed by atoms with E-state index in [1.54, 1.807) is 0 Å². The Hall–Kier alpha value is -1.35.